The molecule has 1 aromatic heterocycles. The average Bonchev–Trinajstić information content (AvgIpc) is 2.29. The highest BCUT2D eigenvalue weighted by molar-refractivity contribution is 6.28. The summed E-state index contributed by atoms with van der Waals surface area (Å²) in [6.07, 6.45) is 0. The Bertz CT molecular complexity index is 572. The first-order valence-corrected chi connectivity index (χ1v) is 4.98. The molecule has 0 saturated carbocycles. The van der Waals surface area contributed by atoms with Gasteiger partial charge in [-0.1, -0.05) is 0 Å². The molecule has 0 aliphatic carbocycles. The van der Waals surface area contributed by atoms with Crippen molar-refractivity contribution in [2.75, 3.05) is 0 Å². The van der Waals surface area contributed by atoms with E-state index in [-0.39, 0.29) is 16.8 Å². The van der Waals surface area contributed by atoms with E-state index in [0.29, 0.717) is 11.3 Å². The summed E-state index contributed by atoms with van der Waals surface area (Å²) < 4.78 is 12.7. The molecule has 0 fully saturated rings. The van der Waals surface area contributed by atoms with Gasteiger partial charge in [-0.15, -0.1) is 0 Å². The van der Waals surface area contributed by atoms with E-state index in [1.165, 1.54) is 30.3 Å². The third-order valence-corrected chi connectivity index (χ3v) is 2.23. The summed E-state index contributed by atoms with van der Waals surface area (Å²) in [5.74, 6) is -1.58. The third kappa shape index (κ3) is 2.57. The number of rotatable bonds is 2. The molecule has 86 valence electrons. The summed E-state index contributed by atoms with van der Waals surface area (Å²) in [5.41, 5.74) is 0.699. The molecule has 0 saturated heterocycles. The fraction of sp³-hybridized carbons (Fsp3) is 0. The minimum Gasteiger partial charge on any atom is -0.477 e. The molecule has 2 aromatic rings. The summed E-state index contributed by atoms with van der Waals surface area (Å²) in [6.45, 7) is 0. The molecule has 6 heteroatoms. The van der Waals surface area contributed by atoms with Crippen LogP contribution in [0.1, 0.15) is 10.5 Å². The summed E-state index contributed by atoms with van der Waals surface area (Å²) in [6, 6.07) is 6.76. The number of carbonyl (C=O) groups is 1. The molecule has 4 nitrogen and oxygen atoms in total. The van der Waals surface area contributed by atoms with Gasteiger partial charge in [0.1, 0.15) is 5.82 Å². The lowest BCUT2D eigenvalue weighted by Gasteiger charge is -2.02. The lowest BCUT2D eigenvalue weighted by molar-refractivity contribution is 0.0690. The van der Waals surface area contributed by atoms with Gasteiger partial charge < -0.3 is 5.11 Å². The van der Waals surface area contributed by atoms with Crippen LogP contribution in [0, 0.1) is 5.82 Å². The van der Waals surface area contributed by atoms with E-state index < -0.39 is 5.97 Å². The maximum atomic E-state index is 12.7. The van der Waals surface area contributed by atoms with Crippen molar-refractivity contribution in [3.8, 4) is 11.3 Å². The maximum Gasteiger partial charge on any atom is 0.354 e. The maximum absolute atomic E-state index is 12.7. The van der Waals surface area contributed by atoms with Crippen molar-refractivity contribution in [3.05, 3.63) is 47.1 Å². The molecular weight excluding hydrogens is 247 g/mol. The van der Waals surface area contributed by atoms with Crippen LogP contribution in [-0.2, 0) is 0 Å². The van der Waals surface area contributed by atoms with Gasteiger partial charge >= 0.3 is 5.97 Å². The first kappa shape index (κ1) is 11.5. The monoisotopic (exact) mass is 252 g/mol. The molecule has 0 aliphatic rings. The van der Waals surface area contributed by atoms with Gasteiger partial charge in [0, 0.05) is 5.56 Å². The zero-order valence-corrected chi connectivity index (χ0v) is 9.15. The van der Waals surface area contributed by atoms with E-state index in [2.05, 4.69) is 9.97 Å². The number of halogens is 2. The predicted octanol–water partition coefficient (Wildman–Crippen LogP) is 2.63. The van der Waals surface area contributed by atoms with Crippen molar-refractivity contribution in [2.45, 2.75) is 0 Å². The molecule has 1 N–H and O–H groups in total. The Kier molecular flexibility index (Phi) is 3.01. The van der Waals surface area contributed by atoms with Gasteiger partial charge in [-0.05, 0) is 41.9 Å². The van der Waals surface area contributed by atoms with E-state index in [1.807, 2.05) is 0 Å². The van der Waals surface area contributed by atoms with Crippen molar-refractivity contribution in [1.82, 2.24) is 9.97 Å². The summed E-state index contributed by atoms with van der Waals surface area (Å²) >= 11 is 5.62. The lowest BCUT2D eigenvalue weighted by Crippen LogP contribution is -2.02. The van der Waals surface area contributed by atoms with Gasteiger partial charge in [0.05, 0.1) is 5.69 Å². The third-order valence-electron chi connectivity index (χ3n) is 2.06. The smallest absolute Gasteiger partial charge is 0.354 e. The normalized spacial score (nSPS) is 10.2. The van der Waals surface area contributed by atoms with Gasteiger partial charge in [-0.3, -0.25) is 0 Å². The Labute approximate surface area is 101 Å². The van der Waals surface area contributed by atoms with Crippen LogP contribution in [0.25, 0.3) is 11.3 Å². The Morgan fingerprint density at radius 3 is 2.47 bits per heavy atom. The number of hydrogen-bond donors (Lipinski definition) is 1. The Morgan fingerprint density at radius 1 is 1.24 bits per heavy atom. The molecule has 0 bridgehead atoms. The first-order valence-electron chi connectivity index (χ1n) is 4.60. The van der Waals surface area contributed by atoms with Crippen molar-refractivity contribution in [2.24, 2.45) is 0 Å². The second-order valence-corrected chi connectivity index (χ2v) is 3.56. The summed E-state index contributed by atoms with van der Waals surface area (Å²) in [7, 11) is 0. The van der Waals surface area contributed by atoms with Crippen molar-refractivity contribution < 1.29 is 14.3 Å². The van der Waals surface area contributed by atoms with Crippen LogP contribution >= 0.6 is 11.6 Å². The zero-order chi connectivity index (χ0) is 12.4. The average molecular weight is 253 g/mol. The molecule has 0 atom stereocenters. The van der Waals surface area contributed by atoms with Gasteiger partial charge in [-0.2, -0.15) is 0 Å². The minimum atomic E-state index is -1.20. The summed E-state index contributed by atoms with van der Waals surface area (Å²) in [5, 5.41) is 8.65. The SMILES string of the molecule is O=C(O)c1cc(-c2ccc(F)cc2)nc(Cl)n1. The van der Waals surface area contributed by atoms with Crippen molar-refractivity contribution >= 4 is 17.6 Å². The van der Waals surface area contributed by atoms with Crippen molar-refractivity contribution in [1.29, 1.82) is 0 Å². The molecule has 0 unspecified atom stereocenters. The van der Waals surface area contributed by atoms with Gasteiger partial charge in [0.25, 0.3) is 0 Å². The first-order chi connectivity index (χ1) is 8.06. The van der Waals surface area contributed by atoms with Crippen LogP contribution in [0.2, 0.25) is 5.28 Å². The van der Waals surface area contributed by atoms with Crippen LogP contribution in [0.5, 0.6) is 0 Å². The Hall–Kier alpha value is -2.01. The number of hydrogen-bond acceptors (Lipinski definition) is 3. The molecule has 1 heterocycles. The minimum absolute atomic E-state index is 0.163. The number of aromatic nitrogens is 2. The highest BCUT2D eigenvalue weighted by Gasteiger charge is 2.10. The van der Waals surface area contributed by atoms with E-state index in [9.17, 15) is 9.18 Å². The highest BCUT2D eigenvalue weighted by Crippen LogP contribution is 2.19. The highest BCUT2D eigenvalue weighted by atomic mass is 35.5. The Balaban J connectivity index is 2.51. The van der Waals surface area contributed by atoms with Gasteiger partial charge in [0.2, 0.25) is 5.28 Å². The van der Waals surface area contributed by atoms with E-state index >= 15 is 0 Å². The predicted molar refractivity (Wildman–Crippen MR) is 59.4 cm³/mol. The number of carboxylic acids is 1. The largest absolute Gasteiger partial charge is 0.477 e. The number of carboxylic acid groups (broad SMARTS) is 1. The number of benzene rings is 1. The van der Waals surface area contributed by atoms with Crippen LogP contribution in [0.3, 0.4) is 0 Å². The van der Waals surface area contributed by atoms with Crippen LogP contribution < -0.4 is 0 Å². The molecule has 1 aromatic carbocycles. The van der Waals surface area contributed by atoms with Gasteiger partial charge in [-0.25, -0.2) is 19.2 Å². The molecular formula is C11H6ClFN2O2. The fourth-order valence-electron chi connectivity index (χ4n) is 1.30. The Morgan fingerprint density at radius 2 is 1.88 bits per heavy atom. The molecule has 0 aliphatic heterocycles. The van der Waals surface area contributed by atoms with Crippen LogP contribution in [0.15, 0.2) is 30.3 Å². The van der Waals surface area contributed by atoms with E-state index in [1.54, 1.807) is 0 Å². The summed E-state index contributed by atoms with van der Waals surface area (Å²) in [4.78, 5) is 18.2. The molecule has 0 radical (unpaired) electrons. The molecule has 0 amide bonds. The second-order valence-electron chi connectivity index (χ2n) is 3.22. The number of aromatic carboxylic acids is 1. The van der Waals surface area contributed by atoms with Crippen LogP contribution in [-0.4, -0.2) is 21.0 Å². The van der Waals surface area contributed by atoms with E-state index in [4.69, 9.17) is 16.7 Å². The number of nitrogens with zero attached hydrogens (tertiary/aromatic N) is 2. The van der Waals surface area contributed by atoms with Crippen LogP contribution in [0.4, 0.5) is 4.39 Å². The topological polar surface area (TPSA) is 63.1 Å². The standard InChI is InChI=1S/C11H6ClFN2O2/c12-11-14-8(5-9(15-11)10(16)17)6-1-3-7(13)4-2-6/h1-5H,(H,16,17). The van der Waals surface area contributed by atoms with E-state index in [0.717, 1.165) is 0 Å². The second kappa shape index (κ2) is 4.47. The molecule has 2 rings (SSSR count). The lowest BCUT2D eigenvalue weighted by atomic mass is 10.1. The van der Waals surface area contributed by atoms with Crippen molar-refractivity contribution in [3.63, 3.8) is 0 Å². The fourth-order valence-corrected chi connectivity index (χ4v) is 1.48. The zero-order valence-electron chi connectivity index (χ0n) is 8.39. The van der Waals surface area contributed by atoms with Gasteiger partial charge in [0.15, 0.2) is 5.69 Å². The quantitative estimate of drug-likeness (QED) is 0.835. The molecule has 0 spiro atoms. The molecule has 17 heavy (non-hydrogen) atoms.